The fraction of sp³-hybridized carbons (Fsp3) is 0. The third-order valence-electron chi connectivity index (χ3n) is 2.13. The van der Waals surface area contributed by atoms with Gasteiger partial charge in [-0.3, -0.25) is 0 Å². The Balaban J connectivity index is 2.16. The Morgan fingerprint density at radius 1 is 1.06 bits per heavy atom. The second-order valence-electron chi connectivity index (χ2n) is 3.39. The maximum Gasteiger partial charge on any atom is 0.335 e. The van der Waals surface area contributed by atoms with Crippen LogP contribution in [0.5, 0.6) is 0 Å². The Kier molecular flexibility index (Phi) is 3.44. The molecule has 2 nitrogen and oxygen atoms in total. The minimum Gasteiger partial charge on any atom is -0.478 e. The van der Waals surface area contributed by atoms with Gasteiger partial charge in [0.05, 0.1) is 5.56 Å². The van der Waals surface area contributed by atoms with Crippen LogP contribution < -0.4 is 0 Å². The van der Waals surface area contributed by atoms with Gasteiger partial charge in [0.1, 0.15) is 5.82 Å². The van der Waals surface area contributed by atoms with E-state index in [2.05, 4.69) is 0 Å². The van der Waals surface area contributed by atoms with E-state index in [1.54, 1.807) is 24.3 Å². The first-order chi connectivity index (χ1) is 8.15. The van der Waals surface area contributed by atoms with Crippen molar-refractivity contribution >= 4 is 17.7 Å². The quantitative estimate of drug-likeness (QED) is 0.900. The van der Waals surface area contributed by atoms with E-state index in [-0.39, 0.29) is 11.4 Å². The highest BCUT2D eigenvalue weighted by atomic mass is 32.2. The molecule has 2 aromatic carbocycles. The fourth-order valence-electron chi connectivity index (χ4n) is 1.33. The maximum absolute atomic E-state index is 12.9. The Hall–Kier alpha value is -1.81. The van der Waals surface area contributed by atoms with Crippen LogP contribution in [0.1, 0.15) is 10.4 Å². The summed E-state index contributed by atoms with van der Waals surface area (Å²) in [5, 5.41) is 8.75. The van der Waals surface area contributed by atoms with E-state index in [4.69, 9.17) is 5.11 Å². The molecule has 17 heavy (non-hydrogen) atoms. The molecule has 0 aliphatic carbocycles. The van der Waals surface area contributed by atoms with Crippen LogP contribution in [-0.2, 0) is 0 Å². The number of hydrogen-bond donors (Lipinski definition) is 1. The summed E-state index contributed by atoms with van der Waals surface area (Å²) in [5.74, 6) is -1.23. The van der Waals surface area contributed by atoms with Crippen LogP contribution in [0.3, 0.4) is 0 Å². The molecule has 0 amide bonds. The van der Waals surface area contributed by atoms with Gasteiger partial charge in [0.15, 0.2) is 0 Å². The molecule has 1 N–H and O–H groups in total. The van der Waals surface area contributed by atoms with E-state index in [9.17, 15) is 9.18 Å². The van der Waals surface area contributed by atoms with Crippen molar-refractivity contribution in [1.29, 1.82) is 0 Å². The van der Waals surface area contributed by atoms with Crippen molar-refractivity contribution in [3.8, 4) is 0 Å². The summed E-state index contributed by atoms with van der Waals surface area (Å²) < 4.78 is 12.9. The van der Waals surface area contributed by atoms with Crippen LogP contribution in [0, 0.1) is 5.82 Å². The second kappa shape index (κ2) is 5.01. The molecule has 0 atom stereocenters. The number of carboxylic acids is 1. The van der Waals surface area contributed by atoms with Gasteiger partial charge in [-0.05, 0) is 42.5 Å². The number of halogens is 1. The third kappa shape index (κ3) is 3.07. The minimum atomic E-state index is -0.952. The normalized spacial score (nSPS) is 10.2. The van der Waals surface area contributed by atoms with Crippen molar-refractivity contribution in [3.05, 3.63) is 59.9 Å². The highest BCUT2D eigenvalue weighted by Gasteiger charge is 2.03. The average Bonchev–Trinajstić information content (AvgIpc) is 2.29. The van der Waals surface area contributed by atoms with E-state index < -0.39 is 5.97 Å². The van der Waals surface area contributed by atoms with Gasteiger partial charge in [-0.15, -0.1) is 0 Å². The molecule has 0 saturated carbocycles. The van der Waals surface area contributed by atoms with Crippen LogP contribution in [0.15, 0.2) is 58.3 Å². The van der Waals surface area contributed by atoms with Crippen molar-refractivity contribution in [2.45, 2.75) is 9.79 Å². The van der Waals surface area contributed by atoms with Gasteiger partial charge < -0.3 is 5.11 Å². The lowest BCUT2D eigenvalue weighted by Crippen LogP contribution is -1.94. The number of benzene rings is 2. The fourth-order valence-corrected chi connectivity index (χ4v) is 2.19. The van der Waals surface area contributed by atoms with E-state index >= 15 is 0 Å². The number of aromatic carboxylic acids is 1. The monoisotopic (exact) mass is 248 g/mol. The van der Waals surface area contributed by atoms with Gasteiger partial charge in [-0.1, -0.05) is 17.8 Å². The average molecular weight is 248 g/mol. The van der Waals surface area contributed by atoms with Crippen molar-refractivity contribution in [1.82, 2.24) is 0 Å². The van der Waals surface area contributed by atoms with Crippen LogP contribution in [0.25, 0.3) is 0 Å². The topological polar surface area (TPSA) is 37.3 Å². The number of carboxylic acid groups (broad SMARTS) is 1. The molecule has 0 unspecified atom stereocenters. The zero-order chi connectivity index (χ0) is 12.3. The lowest BCUT2D eigenvalue weighted by Gasteiger charge is -2.02. The summed E-state index contributed by atoms with van der Waals surface area (Å²) in [7, 11) is 0. The number of rotatable bonds is 3. The van der Waals surface area contributed by atoms with E-state index in [0.29, 0.717) is 0 Å². The van der Waals surface area contributed by atoms with Crippen LogP contribution in [0.4, 0.5) is 4.39 Å². The summed E-state index contributed by atoms with van der Waals surface area (Å²) >= 11 is 1.39. The maximum atomic E-state index is 12.9. The minimum absolute atomic E-state index is 0.244. The number of carbonyl (C=O) groups is 1. The molecule has 0 radical (unpaired) electrons. The van der Waals surface area contributed by atoms with E-state index in [1.807, 2.05) is 0 Å². The summed E-state index contributed by atoms with van der Waals surface area (Å²) in [4.78, 5) is 12.3. The summed E-state index contributed by atoms with van der Waals surface area (Å²) in [5.41, 5.74) is 0.244. The van der Waals surface area contributed by atoms with Crippen molar-refractivity contribution in [2.75, 3.05) is 0 Å². The van der Waals surface area contributed by atoms with Crippen molar-refractivity contribution < 1.29 is 14.3 Å². The summed E-state index contributed by atoms with van der Waals surface area (Å²) in [6, 6.07) is 12.8. The Morgan fingerprint density at radius 3 is 2.35 bits per heavy atom. The first kappa shape index (κ1) is 11.7. The van der Waals surface area contributed by atoms with Crippen molar-refractivity contribution in [2.24, 2.45) is 0 Å². The standard InChI is InChI=1S/C13H9FO2S/c14-10-2-1-3-12(8-10)17-11-6-4-9(5-7-11)13(15)16/h1-8H,(H,15,16). The third-order valence-corrected chi connectivity index (χ3v) is 3.13. The molecule has 0 bridgehead atoms. The van der Waals surface area contributed by atoms with Crippen molar-refractivity contribution in [3.63, 3.8) is 0 Å². The summed E-state index contributed by atoms with van der Waals surface area (Å²) in [6.07, 6.45) is 0. The molecule has 2 rings (SSSR count). The molecule has 0 spiro atoms. The Labute approximate surface area is 102 Å². The molecular weight excluding hydrogens is 239 g/mol. The first-order valence-electron chi connectivity index (χ1n) is 4.92. The molecular formula is C13H9FO2S. The van der Waals surface area contributed by atoms with Gasteiger partial charge in [-0.2, -0.15) is 0 Å². The molecule has 0 heterocycles. The predicted octanol–water partition coefficient (Wildman–Crippen LogP) is 3.68. The summed E-state index contributed by atoms with van der Waals surface area (Å²) in [6.45, 7) is 0. The lowest BCUT2D eigenvalue weighted by molar-refractivity contribution is 0.0697. The first-order valence-corrected chi connectivity index (χ1v) is 5.73. The molecule has 0 aromatic heterocycles. The smallest absolute Gasteiger partial charge is 0.335 e. The van der Waals surface area contributed by atoms with Crippen LogP contribution in [0.2, 0.25) is 0 Å². The van der Waals surface area contributed by atoms with Crippen LogP contribution in [-0.4, -0.2) is 11.1 Å². The Morgan fingerprint density at radius 2 is 1.76 bits per heavy atom. The van der Waals surface area contributed by atoms with Gasteiger partial charge in [0.25, 0.3) is 0 Å². The predicted molar refractivity (Wildman–Crippen MR) is 63.9 cm³/mol. The highest BCUT2D eigenvalue weighted by Crippen LogP contribution is 2.27. The van der Waals surface area contributed by atoms with Gasteiger partial charge in [-0.25, -0.2) is 9.18 Å². The SMILES string of the molecule is O=C(O)c1ccc(Sc2cccc(F)c2)cc1. The molecule has 86 valence electrons. The molecule has 0 fully saturated rings. The molecule has 4 heteroatoms. The zero-order valence-electron chi connectivity index (χ0n) is 8.76. The van der Waals surface area contributed by atoms with E-state index in [0.717, 1.165) is 9.79 Å². The van der Waals surface area contributed by atoms with E-state index in [1.165, 1.54) is 36.0 Å². The Bertz CT molecular complexity index is 537. The largest absolute Gasteiger partial charge is 0.478 e. The van der Waals surface area contributed by atoms with Gasteiger partial charge in [0.2, 0.25) is 0 Å². The highest BCUT2D eigenvalue weighted by molar-refractivity contribution is 7.99. The molecule has 0 saturated heterocycles. The van der Waals surface area contributed by atoms with Gasteiger partial charge in [0, 0.05) is 9.79 Å². The second-order valence-corrected chi connectivity index (χ2v) is 4.54. The zero-order valence-corrected chi connectivity index (χ0v) is 9.58. The molecule has 0 aliphatic heterocycles. The molecule has 0 aliphatic rings. The number of hydrogen-bond acceptors (Lipinski definition) is 2. The lowest BCUT2D eigenvalue weighted by atomic mass is 10.2. The van der Waals surface area contributed by atoms with Gasteiger partial charge >= 0.3 is 5.97 Å². The molecule has 2 aromatic rings. The van der Waals surface area contributed by atoms with Crippen LogP contribution >= 0.6 is 11.8 Å².